The quantitative estimate of drug-likeness (QED) is 0.747. The SMILES string of the molecule is CC1CCN(C(=O)c2coc(CN3CCN(Cc4cccc(F)c4F)CC3)n2)CC1. The Morgan fingerprint density at radius 1 is 1.07 bits per heavy atom. The van der Waals surface area contributed by atoms with Gasteiger partial charge in [-0.25, -0.2) is 13.8 Å². The monoisotopic (exact) mass is 418 g/mol. The van der Waals surface area contributed by atoms with Crippen molar-refractivity contribution >= 4 is 5.91 Å². The van der Waals surface area contributed by atoms with E-state index in [1.54, 1.807) is 6.07 Å². The van der Waals surface area contributed by atoms with Gasteiger partial charge in [-0.3, -0.25) is 14.6 Å². The van der Waals surface area contributed by atoms with Crippen LogP contribution in [0.2, 0.25) is 0 Å². The molecular weight excluding hydrogens is 390 g/mol. The predicted molar refractivity (Wildman–Crippen MR) is 108 cm³/mol. The van der Waals surface area contributed by atoms with E-state index in [-0.39, 0.29) is 5.91 Å². The molecule has 1 aromatic heterocycles. The molecule has 1 amide bonds. The molecule has 162 valence electrons. The van der Waals surface area contributed by atoms with Gasteiger partial charge < -0.3 is 9.32 Å². The van der Waals surface area contributed by atoms with Gasteiger partial charge in [-0.1, -0.05) is 19.1 Å². The molecular formula is C22H28F2N4O2. The number of aromatic nitrogens is 1. The van der Waals surface area contributed by atoms with Gasteiger partial charge in [0.1, 0.15) is 6.26 Å². The third-order valence-electron chi connectivity index (χ3n) is 6.09. The van der Waals surface area contributed by atoms with E-state index in [2.05, 4.69) is 21.7 Å². The van der Waals surface area contributed by atoms with Crippen LogP contribution in [0.25, 0.3) is 0 Å². The highest BCUT2D eigenvalue weighted by molar-refractivity contribution is 5.92. The van der Waals surface area contributed by atoms with Gasteiger partial charge in [0.2, 0.25) is 5.89 Å². The topological polar surface area (TPSA) is 52.8 Å². The van der Waals surface area contributed by atoms with Gasteiger partial charge in [0, 0.05) is 51.4 Å². The Hall–Kier alpha value is -2.32. The maximum atomic E-state index is 13.9. The number of carbonyl (C=O) groups is 1. The number of piperazine rings is 1. The molecule has 2 fully saturated rings. The lowest BCUT2D eigenvalue weighted by Crippen LogP contribution is -2.45. The summed E-state index contributed by atoms with van der Waals surface area (Å²) >= 11 is 0. The largest absolute Gasteiger partial charge is 0.447 e. The van der Waals surface area contributed by atoms with Crippen LogP contribution in [0.15, 0.2) is 28.9 Å². The van der Waals surface area contributed by atoms with E-state index in [9.17, 15) is 13.6 Å². The highest BCUT2D eigenvalue weighted by Crippen LogP contribution is 2.19. The van der Waals surface area contributed by atoms with Gasteiger partial charge in [-0.2, -0.15) is 0 Å². The van der Waals surface area contributed by atoms with Crippen molar-refractivity contribution in [1.29, 1.82) is 0 Å². The molecule has 2 saturated heterocycles. The Labute approximate surface area is 175 Å². The van der Waals surface area contributed by atoms with E-state index in [4.69, 9.17) is 4.42 Å². The van der Waals surface area contributed by atoms with Gasteiger partial charge in [0.05, 0.1) is 6.54 Å². The molecule has 0 spiro atoms. The molecule has 0 N–H and O–H groups in total. The van der Waals surface area contributed by atoms with Crippen LogP contribution in [0.5, 0.6) is 0 Å². The van der Waals surface area contributed by atoms with Crippen LogP contribution < -0.4 is 0 Å². The van der Waals surface area contributed by atoms with Crippen molar-refractivity contribution in [1.82, 2.24) is 19.7 Å². The van der Waals surface area contributed by atoms with Gasteiger partial charge in [-0.05, 0) is 24.8 Å². The second-order valence-corrected chi connectivity index (χ2v) is 8.37. The standard InChI is InChI=1S/C22H28F2N4O2/c1-16-5-7-28(8-6-16)22(29)19-15-30-20(25-19)14-27-11-9-26(10-12-27)13-17-3-2-4-18(23)21(17)24/h2-4,15-16H,5-14H2,1H3. The molecule has 2 aliphatic heterocycles. The molecule has 2 aromatic rings. The molecule has 0 radical (unpaired) electrons. The van der Waals surface area contributed by atoms with Crippen molar-refractivity contribution in [3.63, 3.8) is 0 Å². The van der Waals surface area contributed by atoms with Crippen LogP contribution in [-0.2, 0) is 13.1 Å². The smallest absolute Gasteiger partial charge is 0.275 e. The van der Waals surface area contributed by atoms with Crippen molar-refractivity contribution in [2.45, 2.75) is 32.9 Å². The first-order valence-corrected chi connectivity index (χ1v) is 10.6. The molecule has 6 nitrogen and oxygen atoms in total. The fourth-order valence-electron chi connectivity index (χ4n) is 4.06. The average molecular weight is 418 g/mol. The first kappa shape index (κ1) is 20.9. The number of oxazole rings is 1. The number of nitrogens with zero attached hydrogens (tertiary/aromatic N) is 4. The van der Waals surface area contributed by atoms with Crippen LogP contribution in [0.4, 0.5) is 8.78 Å². The maximum absolute atomic E-state index is 13.9. The van der Waals surface area contributed by atoms with E-state index in [1.165, 1.54) is 12.3 Å². The molecule has 2 aliphatic rings. The molecule has 8 heteroatoms. The molecule has 3 heterocycles. The second-order valence-electron chi connectivity index (χ2n) is 8.37. The van der Waals surface area contributed by atoms with Crippen molar-refractivity contribution in [2.75, 3.05) is 39.3 Å². The third kappa shape index (κ3) is 4.87. The zero-order chi connectivity index (χ0) is 21.1. The Kier molecular flexibility index (Phi) is 6.43. The number of benzene rings is 1. The van der Waals surface area contributed by atoms with Crippen LogP contribution in [-0.4, -0.2) is 64.9 Å². The predicted octanol–water partition coefficient (Wildman–Crippen LogP) is 3.14. The molecule has 0 saturated carbocycles. The average Bonchev–Trinajstić information content (AvgIpc) is 3.21. The summed E-state index contributed by atoms with van der Waals surface area (Å²) in [5.41, 5.74) is 0.756. The summed E-state index contributed by atoms with van der Waals surface area (Å²) < 4.78 is 32.8. The highest BCUT2D eigenvalue weighted by Gasteiger charge is 2.25. The summed E-state index contributed by atoms with van der Waals surface area (Å²) in [6.07, 6.45) is 3.51. The van der Waals surface area contributed by atoms with Crippen LogP contribution in [0.3, 0.4) is 0 Å². The minimum atomic E-state index is -0.806. The minimum absolute atomic E-state index is 0.0566. The lowest BCUT2D eigenvalue weighted by molar-refractivity contribution is 0.0691. The van der Waals surface area contributed by atoms with E-state index in [0.29, 0.717) is 36.2 Å². The van der Waals surface area contributed by atoms with Crippen LogP contribution in [0.1, 0.15) is 41.7 Å². The van der Waals surface area contributed by atoms with Gasteiger partial charge >= 0.3 is 0 Å². The zero-order valence-electron chi connectivity index (χ0n) is 17.3. The van der Waals surface area contributed by atoms with Crippen LogP contribution in [0, 0.1) is 17.6 Å². The maximum Gasteiger partial charge on any atom is 0.275 e. The lowest BCUT2D eigenvalue weighted by atomic mass is 9.99. The number of likely N-dealkylation sites (tertiary alicyclic amines) is 1. The van der Waals surface area contributed by atoms with E-state index in [0.717, 1.165) is 58.2 Å². The molecule has 0 aliphatic carbocycles. The minimum Gasteiger partial charge on any atom is -0.447 e. The van der Waals surface area contributed by atoms with Crippen molar-refractivity contribution in [3.05, 3.63) is 53.2 Å². The normalized spacial score (nSPS) is 19.4. The van der Waals surface area contributed by atoms with Gasteiger partial charge in [0.15, 0.2) is 17.3 Å². The number of piperidine rings is 1. The van der Waals surface area contributed by atoms with Crippen molar-refractivity contribution < 1.29 is 18.0 Å². The summed E-state index contributed by atoms with van der Waals surface area (Å²) in [6.45, 7) is 7.72. The Morgan fingerprint density at radius 2 is 1.73 bits per heavy atom. The summed E-state index contributed by atoms with van der Waals surface area (Å²) in [6, 6.07) is 4.30. The first-order valence-electron chi connectivity index (χ1n) is 10.6. The summed E-state index contributed by atoms with van der Waals surface area (Å²) in [5, 5.41) is 0. The number of amides is 1. The van der Waals surface area contributed by atoms with E-state index < -0.39 is 11.6 Å². The summed E-state index contributed by atoms with van der Waals surface area (Å²) in [4.78, 5) is 23.2. The first-order chi connectivity index (χ1) is 14.5. The van der Waals surface area contributed by atoms with E-state index >= 15 is 0 Å². The zero-order valence-corrected chi connectivity index (χ0v) is 17.3. The number of rotatable bonds is 5. The number of hydrogen-bond donors (Lipinski definition) is 0. The molecule has 30 heavy (non-hydrogen) atoms. The lowest BCUT2D eigenvalue weighted by Gasteiger charge is -2.34. The Morgan fingerprint density at radius 3 is 2.43 bits per heavy atom. The fourth-order valence-corrected chi connectivity index (χ4v) is 4.06. The summed E-state index contributed by atoms with van der Waals surface area (Å²) in [5.74, 6) is -0.426. The number of hydrogen-bond acceptors (Lipinski definition) is 5. The molecule has 4 rings (SSSR count). The Balaban J connectivity index is 1.26. The highest BCUT2D eigenvalue weighted by atomic mass is 19.2. The molecule has 1 aromatic carbocycles. The number of halogens is 2. The number of carbonyl (C=O) groups excluding carboxylic acids is 1. The fraction of sp³-hybridized carbons (Fsp3) is 0.545. The van der Waals surface area contributed by atoms with Gasteiger partial charge in [-0.15, -0.1) is 0 Å². The van der Waals surface area contributed by atoms with Crippen LogP contribution >= 0.6 is 0 Å². The van der Waals surface area contributed by atoms with Crippen molar-refractivity contribution in [3.8, 4) is 0 Å². The molecule has 0 unspecified atom stereocenters. The third-order valence-corrected chi connectivity index (χ3v) is 6.09. The van der Waals surface area contributed by atoms with Crippen molar-refractivity contribution in [2.24, 2.45) is 5.92 Å². The van der Waals surface area contributed by atoms with Gasteiger partial charge in [0.25, 0.3) is 5.91 Å². The second kappa shape index (κ2) is 9.22. The molecule has 0 atom stereocenters. The van der Waals surface area contributed by atoms with E-state index in [1.807, 2.05) is 4.90 Å². The summed E-state index contributed by atoms with van der Waals surface area (Å²) in [7, 11) is 0. The molecule has 0 bridgehead atoms. The Bertz CT molecular complexity index is 872.